The molecule has 1 aromatic rings. The molecule has 0 saturated carbocycles. The van der Waals surface area contributed by atoms with Gasteiger partial charge in [0.1, 0.15) is 6.10 Å². The van der Waals surface area contributed by atoms with Gasteiger partial charge < -0.3 is 9.84 Å². The van der Waals surface area contributed by atoms with Crippen LogP contribution < -0.4 is 0 Å². The van der Waals surface area contributed by atoms with Crippen molar-refractivity contribution in [3.63, 3.8) is 0 Å². The molecule has 2 nitrogen and oxygen atoms in total. The van der Waals surface area contributed by atoms with Crippen molar-refractivity contribution >= 4 is 0 Å². The highest BCUT2D eigenvalue weighted by atomic mass is 16.5. The van der Waals surface area contributed by atoms with E-state index in [0.29, 0.717) is 12.5 Å². The summed E-state index contributed by atoms with van der Waals surface area (Å²) in [6.07, 6.45) is 0.699. The SMILES string of the molecule is Cc1ccc(C(O)COC(C)CC(C)C)c(C)c1. The van der Waals surface area contributed by atoms with Gasteiger partial charge in [0, 0.05) is 0 Å². The van der Waals surface area contributed by atoms with Crippen LogP contribution in [0.3, 0.4) is 0 Å². The fourth-order valence-corrected chi connectivity index (χ4v) is 2.28. The molecule has 0 aliphatic carbocycles. The number of aliphatic hydroxyl groups is 1. The number of aryl methyl sites for hydroxylation is 2. The first kappa shape index (κ1) is 15.2. The summed E-state index contributed by atoms with van der Waals surface area (Å²) < 4.78 is 5.70. The van der Waals surface area contributed by atoms with Crippen LogP contribution in [0.5, 0.6) is 0 Å². The van der Waals surface area contributed by atoms with E-state index in [1.165, 1.54) is 5.56 Å². The van der Waals surface area contributed by atoms with Crippen LogP contribution in [0.15, 0.2) is 18.2 Å². The van der Waals surface area contributed by atoms with E-state index in [0.717, 1.165) is 17.5 Å². The Morgan fingerprint density at radius 2 is 1.83 bits per heavy atom. The molecule has 2 unspecified atom stereocenters. The molecule has 18 heavy (non-hydrogen) atoms. The van der Waals surface area contributed by atoms with E-state index >= 15 is 0 Å². The van der Waals surface area contributed by atoms with Crippen LogP contribution in [-0.4, -0.2) is 17.8 Å². The Labute approximate surface area is 111 Å². The molecule has 1 aromatic carbocycles. The maximum Gasteiger partial charge on any atom is 0.103 e. The molecule has 0 bridgehead atoms. The molecule has 0 aliphatic heterocycles. The molecule has 2 heteroatoms. The molecule has 102 valence electrons. The molecule has 0 saturated heterocycles. The van der Waals surface area contributed by atoms with Crippen molar-refractivity contribution < 1.29 is 9.84 Å². The third-order valence-corrected chi connectivity index (χ3v) is 3.13. The zero-order valence-corrected chi connectivity index (χ0v) is 12.2. The van der Waals surface area contributed by atoms with Gasteiger partial charge >= 0.3 is 0 Å². The van der Waals surface area contributed by atoms with Crippen molar-refractivity contribution in [3.05, 3.63) is 34.9 Å². The van der Waals surface area contributed by atoms with E-state index in [4.69, 9.17) is 4.74 Å². The van der Waals surface area contributed by atoms with E-state index in [2.05, 4.69) is 33.8 Å². The van der Waals surface area contributed by atoms with Gasteiger partial charge in [-0.1, -0.05) is 37.6 Å². The van der Waals surface area contributed by atoms with Gasteiger partial charge in [-0.2, -0.15) is 0 Å². The monoisotopic (exact) mass is 250 g/mol. The van der Waals surface area contributed by atoms with E-state index in [9.17, 15) is 5.11 Å². The van der Waals surface area contributed by atoms with E-state index in [-0.39, 0.29) is 6.10 Å². The Bertz CT molecular complexity index is 371. The molecular formula is C16H26O2. The van der Waals surface area contributed by atoms with Crippen molar-refractivity contribution in [2.45, 2.75) is 53.2 Å². The highest BCUT2D eigenvalue weighted by molar-refractivity contribution is 5.31. The minimum Gasteiger partial charge on any atom is -0.386 e. The zero-order chi connectivity index (χ0) is 13.7. The maximum absolute atomic E-state index is 10.2. The van der Waals surface area contributed by atoms with Crippen LogP contribution in [0.1, 0.15) is 50.0 Å². The average molecular weight is 250 g/mol. The van der Waals surface area contributed by atoms with Crippen LogP contribution in [0.2, 0.25) is 0 Å². The molecule has 0 amide bonds. The van der Waals surface area contributed by atoms with E-state index in [1.54, 1.807) is 0 Å². The molecule has 1 N–H and O–H groups in total. The maximum atomic E-state index is 10.2. The van der Waals surface area contributed by atoms with Crippen LogP contribution in [-0.2, 0) is 4.74 Å². The van der Waals surface area contributed by atoms with Gasteiger partial charge in [-0.25, -0.2) is 0 Å². The second-order valence-electron chi connectivity index (χ2n) is 5.65. The summed E-state index contributed by atoms with van der Waals surface area (Å²) in [4.78, 5) is 0. The van der Waals surface area contributed by atoms with E-state index < -0.39 is 6.10 Å². The lowest BCUT2D eigenvalue weighted by Crippen LogP contribution is -2.17. The molecule has 0 aromatic heterocycles. The summed E-state index contributed by atoms with van der Waals surface area (Å²) in [6, 6.07) is 6.12. The Morgan fingerprint density at radius 3 is 2.39 bits per heavy atom. The van der Waals surface area contributed by atoms with Crippen molar-refractivity contribution in [3.8, 4) is 0 Å². The lowest BCUT2D eigenvalue weighted by molar-refractivity contribution is -0.0103. The first-order valence-electron chi connectivity index (χ1n) is 6.77. The van der Waals surface area contributed by atoms with Gasteiger partial charge in [-0.15, -0.1) is 0 Å². The molecule has 0 fully saturated rings. The normalized spacial score (nSPS) is 14.8. The number of aliphatic hydroxyl groups excluding tert-OH is 1. The van der Waals surface area contributed by atoms with Crippen LogP contribution in [0.4, 0.5) is 0 Å². The number of benzene rings is 1. The van der Waals surface area contributed by atoms with Crippen molar-refractivity contribution in [1.29, 1.82) is 0 Å². The van der Waals surface area contributed by atoms with Gasteiger partial charge in [0.15, 0.2) is 0 Å². The number of ether oxygens (including phenoxy) is 1. The van der Waals surface area contributed by atoms with Gasteiger partial charge in [0.2, 0.25) is 0 Å². The summed E-state index contributed by atoms with van der Waals surface area (Å²) in [6.45, 7) is 10.9. The Morgan fingerprint density at radius 1 is 1.17 bits per heavy atom. The van der Waals surface area contributed by atoms with Gasteiger partial charge in [0.25, 0.3) is 0 Å². The average Bonchev–Trinajstić information content (AvgIpc) is 2.25. The van der Waals surface area contributed by atoms with Crippen LogP contribution in [0, 0.1) is 19.8 Å². The second-order valence-corrected chi connectivity index (χ2v) is 5.65. The summed E-state index contributed by atoms with van der Waals surface area (Å²) in [5.74, 6) is 0.623. The van der Waals surface area contributed by atoms with Gasteiger partial charge in [0.05, 0.1) is 12.7 Å². The third kappa shape index (κ3) is 4.79. The van der Waals surface area contributed by atoms with Gasteiger partial charge in [-0.05, 0) is 44.2 Å². The highest BCUT2D eigenvalue weighted by Crippen LogP contribution is 2.20. The lowest BCUT2D eigenvalue weighted by atomic mass is 10.0. The predicted molar refractivity (Wildman–Crippen MR) is 75.7 cm³/mol. The van der Waals surface area contributed by atoms with Crippen molar-refractivity contribution in [1.82, 2.24) is 0 Å². The molecular weight excluding hydrogens is 224 g/mol. The minimum atomic E-state index is -0.528. The van der Waals surface area contributed by atoms with Crippen molar-refractivity contribution in [2.24, 2.45) is 5.92 Å². The number of hydrogen-bond donors (Lipinski definition) is 1. The van der Waals surface area contributed by atoms with Crippen LogP contribution >= 0.6 is 0 Å². The zero-order valence-electron chi connectivity index (χ0n) is 12.2. The smallest absolute Gasteiger partial charge is 0.103 e. The first-order chi connectivity index (χ1) is 8.40. The molecule has 2 atom stereocenters. The molecule has 1 rings (SSSR count). The molecule has 0 aliphatic rings. The summed E-state index contributed by atoms with van der Waals surface area (Å²) in [7, 11) is 0. The van der Waals surface area contributed by atoms with Gasteiger partial charge in [-0.3, -0.25) is 0 Å². The second kappa shape index (κ2) is 6.91. The summed E-state index contributed by atoms with van der Waals surface area (Å²) >= 11 is 0. The number of rotatable bonds is 6. The van der Waals surface area contributed by atoms with Crippen LogP contribution in [0.25, 0.3) is 0 Å². The lowest BCUT2D eigenvalue weighted by Gasteiger charge is -2.19. The summed E-state index contributed by atoms with van der Waals surface area (Å²) in [5.41, 5.74) is 3.32. The van der Waals surface area contributed by atoms with Crippen molar-refractivity contribution in [2.75, 3.05) is 6.61 Å². The third-order valence-electron chi connectivity index (χ3n) is 3.13. The Balaban J connectivity index is 2.52. The topological polar surface area (TPSA) is 29.5 Å². The minimum absolute atomic E-state index is 0.199. The highest BCUT2D eigenvalue weighted by Gasteiger charge is 2.13. The van der Waals surface area contributed by atoms with E-state index in [1.807, 2.05) is 19.1 Å². The molecule has 0 spiro atoms. The summed E-state index contributed by atoms with van der Waals surface area (Å²) in [5, 5.41) is 10.2. The fourth-order valence-electron chi connectivity index (χ4n) is 2.28. The Hall–Kier alpha value is -0.860. The number of hydrogen-bond acceptors (Lipinski definition) is 2. The molecule has 0 radical (unpaired) electrons. The predicted octanol–water partition coefficient (Wildman–Crippen LogP) is 3.79. The molecule has 0 heterocycles. The fraction of sp³-hybridized carbons (Fsp3) is 0.625. The Kier molecular flexibility index (Phi) is 5.83. The quantitative estimate of drug-likeness (QED) is 0.832. The first-order valence-corrected chi connectivity index (χ1v) is 6.77. The largest absolute Gasteiger partial charge is 0.386 e. The standard InChI is InChI=1S/C16H26O2/c1-11(2)8-14(5)18-10-16(17)15-7-6-12(3)9-13(15)4/h6-7,9,11,14,16-17H,8,10H2,1-5H3.